The number of ether oxygens (including phenoxy) is 1. The van der Waals surface area contributed by atoms with Crippen LogP contribution in [0, 0.1) is 13.8 Å². The highest BCUT2D eigenvalue weighted by atomic mass is 16.5. The Morgan fingerprint density at radius 1 is 0.975 bits per heavy atom. The molecule has 0 fully saturated rings. The van der Waals surface area contributed by atoms with Crippen molar-refractivity contribution in [2.45, 2.75) is 39.8 Å². The van der Waals surface area contributed by atoms with Crippen LogP contribution in [0.15, 0.2) is 91.1 Å². The van der Waals surface area contributed by atoms with Crippen molar-refractivity contribution in [1.82, 2.24) is 19.2 Å². The molecule has 3 aromatic carbocycles. The van der Waals surface area contributed by atoms with Gasteiger partial charge in [0, 0.05) is 17.4 Å². The van der Waals surface area contributed by atoms with Crippen molar-refractivity contribution in [1.29, 1.82) is 0 Å². The van der Waals surface area contributed by atoms with Gasteiger partial charge in [0.1, 0.15) is 11.6 Å². The van der Waals surface area contributed by atoms with Gasteiger partial charge < -0.3 is 19.5 Å². The number of aromatic nitrogens is 3. The second-order valence-corrected chi connectivity index (χ2v) is 10.1. The van der Waals surface area contributed by atoms with E-state index in [-0.39, 0.29) is 12.1 Å². The van der Waals surface area contributed by atoms with E-state index in [9.17, 15) is 4.79 Å². The van der Waals surface area contributed by atoms with Crippen molar-refractivity contribution in [3.05, 3.63) is 125 Å². The van der Waals surface area contributed by atoms with Crippen LogP contribution in [0.3, 0.4) is 0 Å². The van der Waals surface area contributed by atoms with Crippen LogP contribution >= 0.6 is 0 Å². The molecule has 40 heavy (non-hydrogen) atoms. The summed E-state index contributed by atoms with van der Waals surface area (Å²) in [5.74, 6) is 1.74. The molecule has 5 aromatic rings. The third kappa shape index (κ3) is 4.33. The number of carbonyl (C=O) groups is 1. The lowest BCUT2D eigenvalue weighted by atomic mass is 10.0. The van der Waals surface area contributed by atoms with E-state index >= 15 is 0 Å². The molecule has 1 atom stereocenters. The first-order chi connectivity index (χ1) is 19.5. The molecular formula is C33H33N5O2. The molecule has 1 aliphatic heterocycles. The number of benzene rings is 3. The number of para-hydroxylation sites is 1. The minimum atomic E-state index is -0.340. The Labute approximate surface area is 234 Å². The number of aryl methyl sites for hydroxylation is 2. The number of nitrogens with zero attached hydrogens (tertiary/aromatic N) is 4. The first kappa shape index (κ1) is 25.5. The summed E-state index contributed by atoms with van der Waals surface area (Å²) < 4.78 is 9.63. The van der Waals surface area contributed by atoms with Crippen LogP contribution in [0.25, 0.3) is 11.5 Å². The fourth-order valence-corrected chi connectivity index (χ4v) is 5.56. The maximum Gasteiger partial charge on any atom is 0.322 e. The fraction of sp³-hybridized carbons (Fsp3) is 0.212. The lowest BCUT2D eigenvalue weighted by Crippen LogP contribution is -2.38. The van der Waals surface area contributed by atoms with Gasteiger partial charge in [0.25, 0.3) is 0 Å². The minimum Gasteiger partial charge on any atom is -0.497 e. The van der Waals surface area contributed by atoms with Crippen LogP contribution in [-0.2, 0) is 13.0 Å². The third-order valence-corrected chi connectivity index (χ3v) is 7.84. The Kier molecular flexibility index (Phi) is 6.64. The van der Waals surface area contributed by atoms with E-state index < -0.39 is 0 Å². The molecule has 0 saturated heterocycles. The lowest BCUT2D eigenvalue weighted by molar-refractivity contribution is 0.194. The number of fused-ring (bicyclic) bond motifs is 3. The van der Waals surface area contributed by atoms with Gasteiger partial charge in [-0.1, -0.05) is 49.4 Å². The quantitative estimate of drug-likeness (QED) is 0.266. The van der Waals surface area contributed by atoms with Gasteiger partial charge in [-0.25, -0.2) is 9.48 Å². The Morgan fingerprint density at radius 3 is 2.48 bits per heavy atom. The Balaban J connectivity index is 1.55. The summed E-state index contributed by atoms with van der Waals surface area (Å²) in [5, 5.41) is 8.27. The van der Waals surface area contributed by atoms with Gasteiger partial charge in [-0.05, 0) is 79.4 Å². The van der Waals surface area contributed by atoms with E-state index in [0.29, 0.717) is 6.54 Å². The highest BCUT2D eigenvalue weighted by Crippen LogP contribution is 2.39. The topological polar surface area (TPSA) is 64.3 Å². The fourth-order valence-electron chi connectivity index (χ4n) is 5.56. The summed E-state index contributed by atoms with van der Waals surface area (Å²) in [6, 6.07) is 27.8. The predicted molar refractivity (Wildman–Crippen MR) is 158 cm³/mol. The zero-order valence-electron chi connectivity index (χ0n) is 23.3. The van der Waals surface area contributed by atoms with Crippen LogP contribution in [0.5, 0.6) is 5.75 Å². The van der Waals surface area contributed by atoms with E-state index in [1.54, 1.807) is 7.11 Å². The molecule has 1 unspecified atom stereocenters. The lowest BCUT2D eigenvalue weighted by Gasteiger charge is -2.31. The van der Waals surface area contributed by atoms with Gasteiger partial charge in [0.05, 0.1) is 36.8 Å². The smallest absolute Gasteiger partial charge is 0.322 e. The number of urea groups is 1. The average molecular weight is 532 g/mol. The number of anilines is 1. The number of methoxy groups -OCH3 is 1. The number of nitrogens with one attached hydrogen (secondary N) is 1. The molecule has 3 heterocycles. The van der Waals surface area contributed by atoms with Crippen molar-refractivity contribution in [3.8, 4) is 17.3 Å². The Bertz CT molecular complexity index is 1670. The highest BCUT2D eigenvalue weighted by Gasteiger charge is 2.36. The van der Waals surface area contributed by atoms with Crippen LogP contribution in [0.2, 0.25) is 0 Å². The Hall–Kier alpha value is -4.78. The predicted octanol–water partition coefficient (Wildman–Crippen LogP) is 6.99. The van der Waals surface area contributed by atoms with Crippen LogP contribution in [-0.4, -0.2) is 32.4 Å². The van der Waals surface area contributed by atoms with Gasteiger partial charge >= 0.3 is 6.03 Å². The van der Waals surface area contributed by atoms with E-state index in [0.717, 1.165) is 63.0 Å². The molecular weight excluding hydrogens is 498 g/mol. The summed E-state index contributed by atoms with van der Waals surface area (Å²) in [7, 11) is 1.66. The Morgan fingerprint density at radius 2 is 1.75 bits per heavy atom. The maximum absolute atomic E-state index is 14.3. The van der Waals surface area contributed by atoms with Crippen LogP contribution in [0.1, 0.15) is 46.6 Å². The van der Waals surface area contributed by atoms with Crippen LogP contribution < -0.4 is 10.1 Å². The molecule has 7 heteroatoms. The normalized spacial score (nSPS) is 14.3. The molecule has 0 radical (unpaired) electrons. The average Bonchev–Trinajstić information content (AvgIpc) is 3.57. The molecule has 7 nitrogen and oxygen atoms in total. The van der Waals surface area contributed by atoms with Gasteiger partial charge in [-0.3, -0.25) is 0 Å². The molecule has 0 bridgehead atoms. The van der Waals surface area contributed by atoms with Gasteiger partial charge in [0.2, 0.25) is 0 Å². The van der Waals surface area contributed by atoms with Gasteiger partial charge in [-0.15, -0.1) is 0 Å². The molecule has 202 valence electrons. The van der Waals surface area contributed by atoms with E-state index in [1.165, 1.54) is 0 Å². The first-order valence-electron chi connectivity index (χ1n) is 13.6. The number of amides is 2. The summed E-state index contributed by atoms with van der Waals surface area (Å²) in [5.41, 5.74) is 7.98. The minimum absolute atomic E-state index is 0.162. The highest BCUT2D eigenvalue weighted by molar-refractivity contribution is 5.91. The van der Waals surface area contributed by atoms with Gasteiger partial charge in [0.15, 0.2) is 0 Å². The molecule has 1 N–H and O–H groups in total. The van der Waals surface area contributed by atoms with Crippen molar-refractivity contribution < 1.29 is 9.53 Å². The zero-order chi connectivity index (χ0) is 27.8. The van der Waals surface area contributed by atoms with Crippen molar-refractivity contribution >= 4 is 11.7 Å². The van der Waals surface area contributed by atoms with Crippen molar-refractivity contribution in [3.63, 3.8) is 0 Å². The molecule has 0 aliphatic carbocycles. The number of rotatable bonds is 5. The summed E-state index contributed by atoms with van der Waals surface area (Å²) >= 11 is 0. The number of hydrogen-bond acceptors (Lipinski definition) is 3. The first-order valence-corrected chi connectivity index (χ1v) is 13.6. The monoisotopic (exact) mass is 531 g/mol. The molecule has 1 aliphatic rings. The van der Waals surface area contributed by atoms with Crippen molar-refractivity contribution in [2.24, 2.45) is 0 Å². The largest absolute Gasteiger partial charge is 0.497 e. The summed E-state index contributed by atoms with van der Waals surface area (Å²) in [6.45, 7) is 6.61. The second-order valence-electron chi connectivity index (χ2n) is 10.1. The van der Waals surface area contributed by atoms with E-state index in [4.69, 9.17) is 9.84 Å². The number of carbonyl (C=O) groups excluding carboxylic acids is 1. The number of hydrogen-bond donors (Lipinski definition) is 1. The molecule has 2 amide bonds. The van der Waals surface area contributed by atoms with Crippen LogP contribution in [0.4, 0.5) is 10.5 Å². The second kappa shape index (κ2) is 10.4. The van der Waals surface area contributed by atoms with Gasteiger partial charge in [-0.2, -0.15) is 5.10 Å². The molecule has 6 rings (SSSR count). The standard InChI is InChI=1S/C33H33N5O2/c1-5-28-27-21-37(33(39)34-29-14-9-11-22(2)23(29)3)31(24-16-18-26(40-4)19-17-24)30-15-10-20-36(30)32(27)38(35-28)25-12-7-6-8-13-25/h6-20,31H,5,21H2,1-4H3,(H,34,39). The summed E-state index contributed by atoms with van der Waals surface area (Å²) in [6.07, 6.45) is 2.82. The van der Waals surface area contributed by atoms with E-state index in [1.807, 2.05) is 77.2 Å². The van der Waals surface area contributed by atoms with E-state index in [2.05, 4.69) is 54.2 Å². The maximum atomic E-state index is 14.3. The molecule has 2 aromatic heterocycles. The zero-order valence-corrected chi connectivity index (χ0v) is 23.3. The van der Waals surface area contributed by atoms with Crippen molar-refractivity contribution in [2.75, 3.05) is 12.4 Å². The third-order valence-electron chi connectivity index (χ3n) is 7.84. The molecule has 0 spiro atoms. The SMILES string of the molecule is CCc1nn(-c2ccccc2)c2c1CN(C(=O)Nc1cccc(C)c1C)C(c1ccc(OC)cc1)c1cccn1-2. The molecule has 0 saturated carbocycles. The summed E-state index contributed by atoms with van der Waals surface area (Å²) in [4.78, 5) is 16.2.